The first-order valence-corrected chi connectivity index (χ1v) is 11.9. The number of benzene rings is 3. The monoisotopic (exact) mass is 592 g/mol. The maximum Gasteiger partial charge on any atom is 0.573 e. The minimum absolute atomic E-state index is 0.0421. The molecule has 0 aromatic heterocycles. The molecule has 1 fully saturated rings. The molecule has 1 N–H and O–H groups in total. The summed E-state index contributed by atoms with van der Waals surface area (Å²) in [6.45, 7) is 1.20. The van der Waals surface area contributed by atoms with Gasteiger partial charge in [-0.25, -0.2) is 4.79 Å². The van der Waals surface area contributed by atoms with Crippen LogP contribution in [0.15, 0.2) is 66.7 Å². The summed E-state index contributed by atoms with van der Waals surface area (Å²) in [5, 5.41) is 3.05. The molecule has 3 aromatic rings. The van der Waals surface area contributed by atoms with E-state index in [1.54, 1.807) is 30.3 Å². The molecule has 5 nitrogen and oxygen atoms in total. The zero-order chi connectivity index (χ0) is 30.2. The molecule has 4 rings (SSSR count). The first-order chi connectivity index (χ1) is 19.0. The number of hydrogen-bond acceptors (Lipinski definition) is 4. The Morgan fingerprint density at radius 2 is 1.46 bits per heavy atom. The third-order valence-electron chi connectivity index (χ3n) is 6.31. The molecular weight excluding hydrogens is 571 g/mol. The average Bonchev–Trinajstić information content (AvgIpc) is 3.15. The highest BCUT2D eigenvalue weighted by Crippen LogP contribution is 2.41. The molecule has 1 aliphatic heterocycles. The predicted molar refractivity (Wildman–Crippen MR) is 128 cm³/mol. The zero-order valence-electron chi connectivity index (χ0n) is 21.0. The Balaban J connectivity index is 1.65. The van der Waals surface area contributed by atoms with Gasteiger partial charge in [0.1, 0.15) is 11.9 Å². The van der Waals surface area contributed by atoms with Gasteiger partial charge in [0.05, 0.1) is 23.7 Å². The van der Waals surface area contributed by atoms with Crippen molar-refractivity contribution in [1.82, 2.24) is 4.90 Å². The van der Waals surface area contributed by atoms with Crippen LogP contribution in [0, 0.1) is 0 Å². The summed E-state index contributed by atoms with van der Waals surface area (Å²) in [5.74, 6) is -0.595. The number of cyclic esters (lactones) is 1. The highest BCUT2D eigenvalue weighted by Gasteiger charge is 2.43. The lowest BCUT2D eigenvalue weighted by molar-refractivity contribution is -0.274. The number of ether oxygens (including phenoxy) is 2. The lowest BCUT2D eigenvalue weighted by atomic mass is 9.97. The smallest absolute Gasteiger partial charge is 0.439 e. The Hall–Kier alpha value is -4.10. The minimum Gasteiger partial charge on any atom is -0.439 e. The Morgan fingerprint density at radius 1 is 0.854 bits per heavy atom. The SMILES string of the molecule is C[C@H]1[C@@H](c2cc(C(F)(F)F)cc(C(F)(F)F)c2)OC(=O)N1Cc1cc(OC(F)(F)F)ccc1NCc1ccccc1. The topological polar surface area (TPSA) is 50.8 Å². The third kappa shape index (κ3) is 7.35. The number of nitrogens with one attached hydrogen (secondary N) is 1. The van der Waals surface area contributed by atoms with Gasteiger partial charge in [0.25, 0.3) is 0 Å². The second-order valence-corrected chi connectivity index (χ2v) is 9.22. The maximum absolute atomic E-state index is 13.4. The molecule has 0 aliphatic carbocycles. The van der Waals surface area contributed by atoms with Gasteiger partial charge in [0, 0.05) is 12.2 Å². The van der Waals surface area contributed by atoms with Crippen molar-refractivity contribution in [1.29, 1.82) is 0 Å². The molecular formula is C27H21F9N2O3. The number of alkyl halides is 9. The molecule has 1 heterocycles. The summed E-state index contributed by atoms with van der Waals surface area (Å²) in [6, 6.07) is 12.1. The standard InChI is InChI=1S/C27H21F9N2O3/c1-15-23(17-9-19(25(28,29)30)12-20(10-17)26(31,32)33)40-24(39)38(15)14-18-11-21(41-27(34,35)36)7-8-22(18)37-13-16-5-3-2-4-6-16/h2-12,15,23,37H,13-14H2,1H3/t15-,23-/m0/s1. The number of carbonyl (C=O) groups is 1. The van der Waals surface area contributed by atoms with Crippen LogP contribution in [0.3, 0.4) is 0 Å². The predicted octanol–water partition coefficient (Wildman–Crippen LogP) is 8.32. The molecule has 0 spiro atoms. The van der Waals surface area contributed by atoms with Gasteiger partial charge >= 0.3 is 24.8 Å². The molecule has 14 heteroatoms. The maximum atomic E-state index is 13.4. The van der Waals surface area contributed by atoms with Crippen molar-refractivity contribution in [2.24, 2.45) is 0 Å². The fraction of sp³-hybridized carbons (Fsp3) is 0.296. The minimum atomic E-state index is -5.11. The van der Waals surface area contributed by atoms with Gasteiger partial charge in [-0.15, -0.1) is 13.2 Å². The van der Waals surface area contributed by atoms with Crippen molar-refractivity contribution in [3.05, 3.63) is 94.5 Å². The molecule has 1 saturated heterocycles. The van der Waals surface area contributed by atoms with E-state index in [0.717, 1.165) is 22.6 Å². The second kappa shape index (κ2) is 11.1. The summed E-state index contributed by atoms with van der Waals surface area (Å²) in [6.07, 6.45) is -17.8. The number of carbonyl (C=O) groups excluding carboxylic acids is 1. The first kappa shape index (κ1) is 29.9. The number of hydrogen-bond donors (Lipinski definition) is 1. The number of halogens is 9. The summed E-state index contributed by atoms with van der Waals surface area (Å²) in [4.78, 5) is 13.8. The van der Waals surface area contributed by atoms with Crippen LogP contribution in [0.2, 0.25) is 0 Å². The molecule has 1 amide bonds. The van der Waals surface area contributed by atoms with Crippen molar-refractivity contribution in [2.45, 2.75) is 50.9 Å². The second-order valence-electron chi connectivity index (χ2n) is 9.22. The number of anilines is 1. The van der Waals surface area contributed by atoms with E-state index >= 15 is 0 Å². The zero-order valence-corrected chi connectivity index (χ0v) is 21.0. The van der Waals surface area contributed by atoms with Crippen molar-refractivity contribution in [3.63, 3.8) is 0 Å². The molecule has 41 heavy (non-hydrogen) atoms. The van der Waals surface area contributed by atoms with Gasteiger partial charge in [-0.1, -0.05) is 30.3 Å². The van der Waals surface area contributed by atoms with E-state index in [1.807, 2.05) is 0 Å². The van der Waals surface area contributed by atoms with E-state index in [0.29, 0.717) is 17.8 Å². The fourth-order valence-electron chi connectivity index (χ4n) is 4.35. The van der Waals surface area contributed by atoms with Crippen molar-refractivity contribution < 1.29 is 53.8 Å². The molecule has 1 aliphatic rings. The Bertz CT molecular complexity index is 1360. The van der Waals surface area contributed by atoms with Gasteiger partial charge in [0.15, 0.2) is 0 Å². The number of nitrogens with zero attached hydrogens (tertiary/aromatic N) is 1. The number of amides is 1. The highest BCUT2D eigenvalue weighted by atomic mass is 19.4. The Kier molecular flexibility index (Phi) is 8.05. The van der Waals surface area contributed by atoms with Crippen molar-refractivity contribution in [2.75, 3.05) is 5.32 Å². The lowest BCUT2D eigenvalue weighted by Gasteiger charge is -2.24. The van der Waals surface area contributed by atoms with E-state index in [4.69, 9.17) is 4.74 Å². The average molecular weight is 592 g/mol. The van der Waals surface area contributed by atoms with E-state index < -0.39 is 65.9 Å². The molecule has 220 valence electrons. The lowest BCUT2D eigenvalue weighted by Crippen LogP contribution is -2.32. The number of rotatable bonds is 7. The van der Waals surface area contributed by atoms with Gasteiger partial charge in [-0.3, -0.25) is 4.90 Å². The Morgan fingerprint density at radius 3 is 2.02 bits per heavy atom. The van der Waals surface area contributed by atoms with Crippen LogP contribution < -0.4 is 10.1 Å². The third-order valence-corrected chi connectivity index (χ3v) is 6.31. The van der Waals surface area contributed by atoms with E-state index in [2.05, 4.69) is 10.1 Å². The fourth-order valence-corrected chi connectivity index (χ4v) is 4.35. The van der Waals surface area contributed by atoms with Crippen LogP contribution in [0.4, 0.5) is 50.0 Å². The van der Waals surface area contributed by atoms with Crippen molar-refractivity contribution >= 4 is 11.8 Å². The first-order valence-electron chi connectivity index (χ1n) is 11.9. The molecule has 0 unspecified atom stereocenters. The van der Waals surface area contributed by atoms with Gasteiger partial charge in [-0.2, -0.15) is 26.3 Å². The summed E-state index contributed by atoms with van der Waals surface area (Å²) >= 11 is 0. The summed E-state index contributed by atoms with van der Waals surface area (Å²) < 4.78 is 128. The molecule has 0 radical (unpaired) electrons. The highest BCUT2D eigenvalue weighted by molar-refractivity contribution is 5.72. The normalized spacial score (nSPS) is 17.9. The quantitative estimate of drug-likeness (QED) is 0.281. The molecule has 0 bridgehead atoms. The van der Waals surface area contributed by atoms with Crippen LogP contribution >= 0.6 is 0 Å². The van der Waals surface area contributed by atoms with Gasteiger partial charge < -0.3 is 14.8 Å². The molecule has 3 aromatic carbocycles. The van der Waals surface area contributed by atoms with Crippen LogP contribution in [0.25, 0.3) is 0 Å². The van der Waals surface area contributed by atoms with Gasteiger partial charge in [0.2, 0.25) is 0 Å². The van der Waals surface area contributed by atoms with Crippen LogP contribution in [0.1, 0.15) is 40.8 Å². The van der Waals surface area contributed by atoms with E-state index in [1.165, 1.54) is 13.0 Å². The van der Waals surface area contributed by atoms with E-state index in [-0.39, 0.29) is 18.2 Å². The van der Waals surface area contributed by atoms with Gasteiger partial charge in [-0.05, 0) is 60.0 Å². The molecule has 0 saturated carbocycles. The van der Waals surface area contributed by atoms with Crippen LogP contribution in [-0.2, 0) is 30.2 Å². The van der Waals surface area contributed by atoms with E-state index in [9.17, 15) is 44.3 Å². The largest absolute Gasteiger partial charge is 0.573 e. The summed E-state index contributed by atoms with van der Waals surface area (Å²) in [7, 11) is 0. The summed E-state index contributed by atoms with van der Waals surface area (Å²) in [5.41, 5.74) is -2.42. The Labute approximate surface area is 227 Å². The van der Waals surface area contributed by atoms with Crippen molar-refractivity contribution in [3.8, 4) is 5.75 Å². The van der Waals surface area contributed by atoms with Crippen LogP contribution in [0.5, 0.6) is 5.75 Å². The van der Waals surface area contributed by atoms with Crippen LogP contribution in [-0.4, -0.2) is 23.4 Å². The molecule has 2 atom stereocenters.